The first-order chi connectivity index (χ1) is 12.6. The van der Waals surface area contributed by atoms with E-state index in [0.29, 0.717) is 18.3 Å². The van der Waals surface area contributed by atoms with Crippen LogP contribution in [-0.4, -0.2) is 24.8 Å². The predicted molar refractivity (Wildman–Crippen MR) is 101 cm³/mol. The van der Waals surface area contributed by atoms with Crippen LogP contribution in [0.15, 0.2) is 42.6 Å². The van der Waals surface area contributed by atoms with Gasteiger partial charge in [-0.15, -0.1) is 10.2 Å². The maximum absolute atomic E-state index is 6.08. The fourth-order valence-corrected chi connectivity index (χ4v) is 3.50. The van der Waals surface area contributed by atoms with Gasteiger partial charge in [0.25, 0.3) is 0 Å². The van der Waals surface area contributed by atoms with E-state index in [1.807, 2.05) is 18.2 Å². The fraction of sp³-hybridized carbons (Fsp3) is 0.263. The monoisotopic (exact) mass is 365 g/mol. The molecule has 0 unspecified atom stereocenters. The highest BCUT2D eigenvalue weighted by Gasteiger charge is 2.15. The van der Waals surface area contributed by atoms with E-state index in [-0.39, 0.29) is 0 Å². The Morgan fingerprint density at radius 1 is 1.15 bits per heavy atom. The summed E-state index contributed by atoms with van der Waals surface area (Å²) in [5, 5.41) is 13.9. The predicted octanol–water partition coefficient (Wildman–Crippen LogP) is 4.26. The first-order valence-corrected chi connectivity index (χ1v) is 9.29. The lowest BCUT2D eigenvalue weighted by Gasteiger charge is -2.14. The zero-order chi connectivity index (χ0) is 18.1. The van der Waals surface area contributed by atoms with Gasteiger partial charge in [0.15, 0.2) is 5.01 Å². The Bertz CT molecular complexity index is 1040. The van der Waals surface area contributed by atoms with Crippen LogP contribution in [0.5, 0.6) is 5.75 Å². The van der Waals surface area contributed by atoms with Gasteiger partial charge in [-0.1, -0.05) is 43.4 Å². The van der Waals surface area contributed by atoms with Crippen LogP contribution < -0.4 is 4.74 Å². The molecule has 0 aliphatic carbocycles. The first kappa shape index (κ1) is 16.7. The van der Waals surface area contributed by atoms with E-state index < -0.39 is 0 Å². The summed E-state index contributed by atoms with van der Waals surface area (Å²) in [4.78, 5) is 5.06. The lowest BCUT2D eigenvalue weighted by molar-refractivity contribution is 0.299. The summed E-state index contributed by atoms with van der Waals surface area (Å²) in [5.41, 5.74) is 3.13. The second-order valence-corrected chi connectivity index (χ2v) is 7.45. The van der Waals surface area contributed by atoms with Crippen LogP contribution in [0.1, 0.15) is 35.9 Å². The lowest BCUT2D eigenvalue weighted by atomic mass is 10.0. The van der Waals surface area contributed by atoms with Crippen LogP contribution in [0.25, 0.3) is 16.5 Å². The summed E-state index contributed by atoms with van der Waals surface area (Å²) in [7, 11) is 0. The number of pyridine rings is 1. The Labute approximate surface area is 155 Å². The van der Waals surface area contributed by atoms with Crippen LogP contribution >= 0.6 is 11.3 Å². The Morgan fingerprint density at radius 3 is 2.81 bits per heavy atom. The third-order valence-corrected chi connectivity index (χ3v) is 4.94. The molecule has 0 aliphatic rings. The van der Waals surface area contributed by atoms with Gasteiger partial charge in [0.2, 0.25) is 10.8 Å². The number of benzene rings is 1. The van der Waals surface area contributed by atoms with Crippen LogP contribution in [0.3, 0.4) is 0 Å². The summed E-state index contributed by atoms with van der Waals surface area (Å²) in [6, 6.07) is 12.0. The van der Waals surface area contributed by atoms with Gasteiger partial charge >= 0.3 is 0 Å². The molecule has 26 heavy (non-hydrogen) atoms. The molecule has 0 radical (unpaired) electrons. The van der Waals surface area contributed by atoms with Crippen LogP contribution in [0.4, 0.5) is 0 Å². The second-order valence-electron chi connectivity index (χ2n) is 6.41. The SMILES string of the molecule is Cc1ccc(C(C)C)c(OCc2nn3c(-c4ccccn4)nnc3s2)c1. The van der Waals surface area contributed by atoms with Crippen molar-refractivity contribution in [3.63, 3.8) is 0 Å². The van der Waals surface area contributed by atoms with Gasteiger partial charge in [-0.3, -0.25) is 4.98 Å². The molecule has 6 nitrogen and oxygen atoms in total. The van der Waals surface area contributed by atoms with Crippen molar-refractivity contribution < 1.29 is 4.74 Å². The maximum Gasteiger partial charge on any atom is 0.235 e. The van der Waals surface area contributed by atoms with Gasteiger partial charge in [-0.05, 0) is 42.2 Å². The number of fused-ring (bicyclic) bond motifs is 1. The molecular formula is C19H19N5OS. The van der Waals surface area contributed by atoms with Gasteiger partial charge in [0, 0.05) is 6.20 Å². The molecule has 0 spiro atoms. The Hall–Kier alpha value is -2.80. The van der Waals surface area contributed by atoms with Crippen LogP contribution in [0.2, 0.25) is 0 Å². The number of hydrogen-bond acceptors (Lipinski definition) is 6. The number of aromatic nitrogens is 5. The number of ether oxygens (including phenoxy) is 1. The quantitative estimate of drug-likeness (QED) is 0.529. The van der Waals surface area contributed by atoms with Gasteiger partial charge in [0.05, 0.1) is 0 Å². The molecule has 3 heterocycles. The third kappa shape index (κ3) is 3.17. The number of nitrogens with zero attached hydrogens (tertiary/aromatic N) is 5. The molecule has 1 aromatic carbocycles. The van der Waals surface area contributed by atoms with Crippen LogP contribution in [-0.2, 0) is 6.61 Å². The molecule has 4 rings (SSSR count). The standard InChI is InChI=1S/C19H19N5OS/c1-12(2)14-8-7-13(3)10-16(14)25-11-17-23-24-18(21-22-19(24)26-17)15-6-4-5-9-20-15/h4-10,12H,11H2,1-3H3. The molecule has 4 aromatic rings. The van der Waals surface area contributed by atoms with E-state index in [1.165, 1.54) is 22.5 Å². The van der Waals surface area contributed by atoms with Crippen molar-refractivity contribution in [1.29, 1.82) is 0 Å². The summed E-state index contributed by atoms with van der Waals surface area (Å²) in [5.74, 6) is 1.96. The molecule has 0 N–H and O–H groups in total. The van der Waals surface area contributed by atoms with Gasteiger partial charge < -0.3 is 4.74 Å². The molecule has 0 atom stereocenters. The van der Waals surface area contributed by atoms with Crippen molar-refractivity contribution in [3.05, 3.63) is 58.7 Å². The maximum atomic E-state index is 6.08. The molecule has 0 aliphatic heterocycles. The number of aryl methyl sites for hydroxylation is 1. The van der Waals surface area contributed by atoms with Crippen LogP contribution in [0, 0.1) is 6.92 Å². The van der Waals surface area contributed by atoms with Gasteiger partial charge in [-0.2, -0.15) is 9.61 Å². The van der Waals surface area contributed by atoms with Crippen molar-refractivity contribution in [3.8, 4) is 17.3 Å². The second kappa shape index (κ2) is 6.84. The average molecular weight is 365 g/mol. The van der Waals surface area contributed by atoms with Gasteiger partial charge in [-0.25, -0.2) is 0 Å². The summed E-state index contributed by atoms with van der Waals surface area (Å²) < 4.78 is 7.81. The normalized spacial score (nSPS) is 11.4. The van der Waals surface area contributed by atoms with E-state index in [1.54, 1.807) is 10.7 Å². The molecule has 0 bridgehead atoms. The van der Waals surface area contributed by atoms with Gasteiger partial charge in [0.1, 0.15) is 18.1 Å². The third-order valence-electron chi connectivity index (χ3n) is 4.07. The smallest absolute Gasteiger partial charge is 0.235 e. The number of hydrogen-bond donors (Lipinski definition) is 0. The molecule has 0 saturated heterocycles. The van der Waals surface area contributed by atoms with Crippen molar-refractivity contribution in [1.82, 2.24) is 24.8 Å². The molecular weight excluding hydrogens is 346 g/mol. The van der Waals surface area contributed by atoms with Crippen molar-refractivity contribution >= 4 is 16.3 Å². The Balaban J connectivity index is 1.60. The number of rotatable bonds is 5. The Morgan fingerprint density at radius 2 is 2.04 bits per heavy atom. The van der Waals surface area contributed by atoms with E-state index in [2.05, 4.69) is 59.3 Å². The molecule has 0 amide bonds. The molecule has 7 heteroatoms. The Kier molecular flexibility index (Phi) is 4.38. The summed E-state index contributed by atoms with van der Waals surface area (Å²) >= 11 is 1.48. The van der Waals surface area contributed by atoms with Crippen molar-refractivity contribution in [2.75, 3.05) is 0 Å². The van der Waals surface area contributed by atoms with E-state index >= 15 is 0 Å². The molecule has 0 saturated carbocycles. The topological polar surface area (TPSA) is 65.2 Å². The van der Waals surface area contributed by atoms with E-state index in [0.717, 1.165) is 21.4 Å². The zero-order valence-corrected chi connectivity index (χ0v) is 15.7. The summed E-state index contributed by atoms with van der Waals surface area (Å²) in [6.45, 7) is 6.80. The summed E-state index contributed by atoms with van der Waals surface area (Å²) in [6.07, 6.45) is 1.73. The molecule has 3 aromatic heterocycles. The minimum atomic E-state index is 0.402. The minimum Gasteiger partial charge on any atom is -0.486 e. The molecule has 132 valence electrons. The first-order valence-electron chi connectivity index (χ1n) is 8.47. The fourth-order valence-electron chi connectivity index (χ4n) is 2.75. The largest absolute Gasteiger partial charge is 0.486 e. The highest BCUT2D eigenvalue weighted by molar-refractivity contribution is 7.16. The lowest BCUT2D eigenvalue weighted by Crippen LogP contribution is -2.01. The van der Waals surface area contributed by atoms with Crippen molar-refractivity contribution in [2.45, 2.75) is 33.3 Å². The zero-order valence-electron chi connectivity index (χ0n) is 14.9. The minimum absolute atomic E-state index is 0.402. The highest BCUT2D eigenvalue weighted by Crippen LogP contribution is 2.29. The van der Waals surface area contributed by atoms with Crippen molar-refractivity contribution in [2.24, 2.45) is 0 Å². The highest BCUT2D eigenvalue weighted by atomic mass is 32.1. The van der Waals surface area contributed by atoms with E-state index in [4.69, 9.17) is 4.74 Å². The average Bonchev–Trinajstić information content (AvgIpc) is 3.20. The molecule has 0 fully saturated rings. The van der Waals surface area contributed by atoms with E-state index in [9.17, 15) is 0 Å².